The predicted octanol–water partition coefficient (Wildman–Crippen LogP) is 1.62. The smallest absolute Gasteiger partial charge is 0.294 e. The molecule has 3 heterocycles. The maximum atomic E-state index is 13.2. The summed E-state index contributed by atoms with van der Waals surface area (Å²) in [6.07, 6.45) is 0. The van der Waals surface area contributed by atoms with Crippen molar-refractivity contribution in [2.24, 2.45) is 12.1 Å². The molecule has 0 spiro atoms. The minimum absolute atomic E-state index is 0.117. The van der Waals surface area contributed by atoms with Crippen molar-refractivity contribution in [3.8, 4) is 0 Å². The van der Waals surface area contributed by atoms with Gasteiger partial charge in [-0.2, -0.15) is 10.1 Å². The molecule has 0 saturated heterocycles. The summed E-state index contributed by atoms with van der Waals surface area (Å²) in [5, 5.41) is 4.22. The molecule has 0 fully saturated rings. The highest BCUT2D eigenvalue weighted by Gasteiger charge is 2.26. The fourth-order valence-electron chi connectivity index (χ4n) is 3.31. The van der Waals surface area contributed by atoms with Gasteiger partial charge in [-0.15, -0.1) is 0 Å². The average Bonchev–Trinajstić information content (AvgIpc) is 3.02. The first kappa shape index (κ1) is 16.3. The van der Waals surface area contributed by atoms with Crippen LogP contribution in [0.5, 0.6) is 0 Å². The molecule has 2 aromatic heterocycles. The molecule has 4 rings (SSSR count). The summed E-state index contributed by atoms with van der Waals surface area (Å²) in [7, 11) is 1.63. The van der Waals surface area contributed by atoms with Gasteiger partial charge in [0.1, 0.15) is 0 Å². The number of anilines is 1. The van der Waals surface area contributed by atoms with E-state index in [-0.39, 0.29) is 23.8 Å². The number of aryl methyl sites for hydroxylation is 2. The van der Waals surface area contributed by atoms with Crippen molar-refractivity contribution in [3.05, 3.63) is 56.2 Å². The maximum Gasteiger partial charge on any atom is 0.332 e. The number of hydrazone groups is 1. The quantitative estimate of drug-likeness (QED) is 0.759. The Morgan fingerprint density at radius 1 is 1.19 bits per heavy atom. The molecule has 1 atom stereocenters. The van der Waals surface area contributed by atoms with Crippen molar-refractivity contribution in [3.63, 3.8) is 0 Å². The fraction of sp³-hybridized carbons (Fsp3) is 0.333. The zero-order chi connectivity index (χ0) is 18.6. The van der Waals surface area contributed by atoms with Crippen molar-refractivity contribution in [1.29, 1.82) is 0 Å². The highest BCUT2D eigenvalue weighted by molar-refractivity contribution is 5.90. The Bertz CT molecular complexity index is 1180. The Morgan fingerprint density at radius 2 is 1.92 bits per heavy atom. The number of imidazole rings is 1. The Labute approximate surface area is 149 Å². The Balaban J connectivity index is 2.01. The van der Waals surface area contributed by atoms with Gasteiger partial charge >= 0.3 is 5.69 Å². The van der Waals surface area contributed by atoms with Crippen LogP contribution in [0.4, 0.5) is 5.95 Å². The van der Waals surface area contributed by atoms with Crippen LogP contribution in [0.25, 0.3) is 11.2 Å². The molecule has 134 valence electrons. The van der Waals surface area contributed by atoms with Gasteiger partial charge < -0.3 is 0 Å². The van der Waals surface area contributed by atoms with Crippen LogP contribution in [0.1, 0.15) is 31.0 Å². The second-order valence-electron chi connectivity index (χ2n) is 6.68. The number of hydrogen-bond acceptors (Lipinski definition) is 5. The minimum Gasteiger partial charge on any atom is -0.294 e. The molecule has 1 aromatic carbocycles. The molecule has 1 aliphatic rings. The third kappa shape index (κ3) is 2.22. The van der Waals surface area contributed by atoms with E-state index in [0.717, 1.165) is 16.8 Å². The summed E-state index contributed by atoms with van der Waals surface area (Å²) in [6.45, 7) is 6.04. The number of rotatable bonds is 2. The summed E-state index contributed by atoms with van der Waals surface area (Å²) < 4.78 is 4.51. The monoisotopic (exact) mass is 352 g/mol. The molecular weight excluding hydrogens is 332 g/mol. The van der Waals surface area contributed by atoms with E-state index >= 15 is 0 Å². The minimum atomic E-state index is -0.383. The summed E-state index contributed by atoms with van der Waals surface area (Å²) in [4.78, 5) is 30.4. The van der Waals surface area contributed by atoms with Gasteiger partial charge in [0.25, 0.3) is 5.56 Å². The van der Waals surface area contributed by atoms with Gasteiger partial charge in [0.15, 0.2) is 11.2 Å². The number of benzene rings is 1. The molecule has 1 N–H and O–H groups in total. The predicted molar refractivity (Wildman–Crippen MR) is 101 cm³/mol. The van der Waals surface area contributed by atoms with E-state index in [4.69, 9.17) is 0 Å². The standard InChI is InChI=1S/C18H20N6O2/c1-10-7-5-6-8-13(10)9-23-16(25)14-15(22(4)18(23)26)19-17-21-20-11(2)12(3)24(14)17/h5-8,12H,9H2,1-4H3,(H,19,21). The van der Waals surface area contributed by atoms with Crippen LogP contribution in [0.2, 0.25) is 0 Å². The molecular formula is C18H20N6O2. The molecule has 1 unspecified atom stereocenters. The molecule has 0 saturated carbocycles. The molecule has 0 radical (unpaired) electrons. The largest absolute Gasteiger partial charge is 0.332 e. The third-order valence-electron chi connectivity index (χ3n) is 5.09. The van der Waals surface area contributed by atoms with Crippen LogP contribution < -0.4 is 16.7 Å². The first-order chi connectivity index (χ1) is 12.4. The maximum absolute atomic E-state index is 13.2. The van der Waals surface area contributed by atoms with Crippen molar-refractivity contribution in [2.75, 3.05) is 5.43 Å². The van der Waals surface area contributed by atoms with E-state index in [1.807, 2.05) is 49.6 Å². The van der Waals surface area contributed by atoms with E-state index in [9.17, 15) is 9.59 Å². The van der Waals surface area contributed by atoms with Crippen LogP contribution in [-0.4, -0.2) is 24.4 Å². The first-order valence-corrected chi connectivity index (χ1v) is 8.46. The van der Waals surface area contributed by atoms with Crippen LogP contribution in [-0.2, 0) is 13.6 Å². The highest BCUT2D eigenvalue weighted by Crippen LogP contribution is 2.25. The lowest BCUT2D eigenvalue weighted by Crippen LogP contribution is -2.40. The number of aromatic nitrogens is 4. The van der Waals surface area contributed by atoms with Gasteiger partial charge in [-0.05, 0) is 31.9 Å². The van der Waals surface area contributed by atoms with Gasteiger partial charge in [-0.1, -0.05) is 24.3 Å². The highest BCUT2D eigenvalue weighted by atomic mass is 16.2. The summed E-state index contributed by atoms with van der Waals surface area (Å²) >= 11 is 0. The van der Waals surface area contributed by atoms with Crippen molar-refractivity contribution in [2.45, 2.75) is 33.4 Å². The molecule has 1 aliphatic heterocycles. The van der Waals surface area contributed by atoms with Gasteiger partial charge in [-0.3, -0.25) is 18.5 Å². The second kappa shape index (κ2) is 5.69. The lowest BCUT2D eigenvalue weighted by Gasteiger charge is -2.21. The summed E-state index contributed by atoms with van der Waals surface area (Å²) in [5.74, 6) is 0.471. The van der Waals surface area contributed by atoms with Crippen LogP contribution in [0.15, 0.2) is 39.0 Å². The number of hydrogen-bond donors (Lipinski definition) is 1. The second-order valence-corrected chi connectivity index (χ2v) is 6.68. The van der Waals surface area contributed by atoms with Gasteiger partial charge in [0, 0.05) is 7.05 Å². The number of nitrogens with zero attached hydrogens (tertiary/aromatic N) is 5. The van der Waals surface area contributed by atoms with E-state index in [2.05, 4.69) is 15.5 Å². The summed E-state index contributed by atoms with van der Waals surface area (Å²) in [6, 6.07) is 7.62. The Hall–Kier alpha value is -3.16. The van der Waals surface area contributed by atoms with Crippen molar-refractivity contribution in [1.82, 2.24) is 18.7 Å². The van der Waals surface area contributed by atoms with Crippen molar-refractivity contribution < 1.29 is 0 Å². The lowest BCUT2D eigenvalue weighted by atomic mass is 10.1. The topological polar surface area (TPSA) is 86.2 Å². The van der Waals surface area contributed by atoms with E-state index < -0.39 is 0 Å². The van der Waals surface area contributed by atoms with E-state index in [1.165, 1.54) is 9.13 Å². The Kier molecular flexibility index (Phi) is 3.57. The zero-order valence-electron chi connectivity index (χ0n) is 15.1. The molecule has 8 heteroatoms. The van der Waals surface area contributed by atoms with Crippen LogP contribution in [0.3, 0.4) is 0 Å². The SMILES string of the molecule is CC1=NNc2nc3c(c(=O)n(Cc4ccccc4C)c(=O)n3C)n2C1C. The van der Waals surface area contributed by atoms with Gasteiger partial charge in [0.05, 0.1) is 18.3 Å². The fourth-order valence-corrected chi connectivity index (χ4v) is 3.31. The van der Waals surface area contributed by atoms with Gasteiger partial charge in [0.2, 0.25) is 5.95 Å². The summed E-state index contributed by atoms with van der Waals surface area (Å²) in [5.41, 5.74) is 5.73. The average molecular weight is 352 g/mol. The molecule has 3 aromatic rings. The molecule has 0 bridgehead atoms. The van der Waals surface area contributed by atoms with Crippen LogP contribution >= 0.6 is 0 Å². The number of nitrogens with one attached hydrogen (secondary N) is 1. The van der Waals surface area contributed by atoms with E-state index in [1.54, 1.807) is 7.05 Å². The molecule has 0 amide bonds. The third-order valence-corrected chi connectivity index (χ3v) is 5.09. The van der Waals surface area contributed by atoms with Crippen LogP contribution in [0, 0.1) is 6.92 Å². The normalized spacial score (nSPS) is 16.3. The lowest BCUT2D eigenvalue weighted by molar-refractivity contribution is 0.643. The molecule has 8 nitrogen and oxygen atoms in total. The molecule has 26 heavy (non-hydrogen) atoms. The first-order valence-electron chi connectivity index (χ1n) is 8.46. The zero-order valence-corrected chi connectivity index (χ0v) is 15.1. The number of fused-ring (bicyclic) bond motifs is 3. The molecule has 0 aliphatic carbocycles. The Morgan fingerprint density at radius 3 is 2.65 bits per heavy atom. The van der Waals surface area contributed by atoms with E-state index in [0.29, 0.717) is 17.1 Å². The van der Waals surface area contributed by atoms with Gasteiger partial charge in [-0.25, -0.2) is 10.2 Å². The van der Waals surface area contributed by atoms with Crippen molar-refractivity contribution >= 4 is 22.8 Å².